The van der Waals surface area contributed by atoms with Crippen LogP contribution in [0.2, 0.25) is 0 Å². The maximum Gasteiger partial charge on any atom is 0.277 e. The largest absolute Gasteiger partial charge is 0.484 e. The van der Waals surface area contributed by atoms with E-state index in [1.807, 2.05) is 61.5 Å². The van der Waals surface area contributed by atoms with Gasteiger partial charge < -0.3 is 4.74 Å². The Labute approximate surface area is 137 Å². The molecule has 2 rings (SSSR count). The topological polar surface area (TPSA) is 50.7 Å². The summed E-state index contributed by atoms with van der Waals surface area (Å²) in [6.07, 6.45) is 2.16. The number of hydrazone groups is 1. The molecule has 0 aliphatic carbocycles. The van der Waals surface area contributed by atoms with Crippen LogP contribution in [-0.4, -0.2) is 18.2 Å². The lowest BCUT2D eigenvalue weighted by atomic mass is 10.1. The van der Waals surface area contributed by atoms with E-state index < -0.39 is 0 Å². The Morgan fingerprint density at radius 3 is 2.43 bits per heavy atom. The van der Waals surface area contributed by atoms with Crippen LogP contribution in [0.15, 0.2) is 59.7 Å². The molecule has 0 heterocycles. The molecule has 0 aromatic heterocycles. The standard InChI is InChI=1S/C19H22N2O2/c1-3-7-16-10-12-18(13-11-16)23-14-19(22)21-20-15(2)17-8-5-4-6-9-17/h4-6,8-13H,3,7,14H2,1-2H3,(H,21,22)/b20-15-. The van der Waals surface area contributed by atoms with Gasteiger partial charge in [-0.2, -0.15) is 5.10 Å². The Morgan fingerprint density at radius 2 is 1.78 bits per heavy atom. The molecule has 0 unspecified atom stereocenters. The summed E-state index contributed by atoms with van der Waals surface area (Å²) in [5.74, 6) is 0.404. The van der Waals surface area contributed by atoms with Gasteiger partial charge >= 0.3 is 0 Å². The van der Waals surface area contributed by atoms with Crippen LogP contribution >= 0.6 is 0 Å². The molecule has 0 spiro atoms. The highest BCUT2D eigenvalue weighted by atomic mass is 16.5. The van der Waals surface area contributed by atoms with Crippen LogP contribution in [0.5, 0.6) is 5.75 Å². The molecule has 120 valence electrons. The molecular formula is C19H22N2O2. The lowest BCUT2D eigenvalue weighted by Crippen LogP contribution is -2.25. The molecule has 2 aromatic rings. The molecule has 0 fully saturated rings. The number of nitrogens with one attached hydrogen (secondary N) is 1. The smallest absolute Gasteiger partial charge is 0.277 e. The fourth-order valence-electron chi connectivity index (χ4n) is 2.11. The fourth-order valence-corrected chi connectivity index (χ4v) is 2.11. The summed E-state index contributed by atoms with van der Waals surface area (Å²) >= 11 is 0. The molecular weight excluding hydrogens is 288 g/mol. The van der Waals surface area contributed by atoms with Crippen LogP contribution in [0.25, 0.3) is 0 Å². The second kappa shape index (κ2) is 8.73. The van der Waals surface area contributed by atoms with E-state index in [1.165, 1.54) is 5.56 Å². The molecule has 0 bridgehead atoms. The Hall–Kier alpha value is -2.62. The van der Waals surface area contributed by atoms with Crippen molar-refractivity contribution < 1.29 is 9.53 Å². The third-order valence-corrected chi connectivity index (χ3v) is 3.37. The summed E-state index contributed by atoms with van der Waals surface area (Å²) in [4.78, 5) is 11.8. The SMILES string of the molecule is CCCc1ccc(OCC(=O)N/N=C(/C)c2ccccc2)cc1. The Bertz CT molecular complexity index is 649. The van der Waals surface area contributed by atoms with E-state index in [-0.39, 0.29) is 12.5 Å². The van der Waals surface area contributed by atoms with Gasteiger partial charge in [-0.15, -0.1) is 0 Å². The van der Waals surface area contributed by atoms with E-state index in [2.05, 4.69) is 17.5 Å². The first-order valence-corrected chi connectivity index (χ1v) is 7.79. The van der Waals surface area contributed by atoms with Gasteiger partial charge in [-0.3, -0.25) is 4.79 Å². The highest BCUT2D eigenvalue weighted by Crippen LogP contribution is 2.13. The van der Waals surface area contributed by atoms with Gasteiger partial charge in [0, 0.05) is 0 Å². The number of nitrogens with zero attached hydrogens (tertiary/aromatic N) is 1. The quantitative estimate of drug-likeness (QED) is 0.628. The van der Waals surface area contributed by atoms with Crippen molar-refractivity contribution in [3.63, 3.8) is 0 Å². The molecule has 0 radical (unpaired) electrons. The van der Waals surface area contributed by atoms with Crippen LogP contribution in [0.1, 0.15) is 31.4 Å². The van der Waals surface area contributed by atoms with Crippen LogP contribution in [0.3, 0.4) is 0 Å². The minimum absolute atomic E-state index is 0.0569. The Morgan fingerprint density at radius 1 is 1.09 bits per heavy atom. The summed E-state index contributed by atoms with van der Waals surface area (Å²) in [5.41, 5.74) is 5.50. The molecule has 4 heteroatoms. The van der Waals surface area contributed by atoms with Gasteiger partial charge in [0.05, 0.1) is 5.71 Å². The molecule has 2 aromatic carbocycles. The average molecular weight is 310 g/mol. The van der Waals surface area contributed by atoms with Gasteiger partial charge in [-0.1, -0.05) is 55.8 Å². The van der Waals surface area contributed by atoms with E-state index in [9.17, 15) is 4.79 Å². The number of hydrogen-bond acceptors (Lipinski definition) is 3. The maximum absolute atomic E-state index is 11.8. The predicted molar refractivity (Wildman–Crippen MR) is 92.7 cm³/mol. The maximum atomic E-state index is 11.8. The summed E-state index contributed by atoms with van der Waals surface area (Å²) in [5, 5.41) is 4.08. The van der Waals surface area contributed by atoms with Crippen LogP contribution < -0.4 is 10.2 Å². The van der Waals surface area contributed by atoms with Crippen molar-refractivity contribution in [2.45, 2.75) is 26.7 Å². The van der Waals surface area contributed by atoms with Crippen LogP contribution in [-0.2, 0) is 11.2 Å². The number of rotatable bonds is 7. The van der Waals surface area contributed by atoms with E-state index in [1.54, 1.807) is 0 Å². The molecule has 0 saturated heterocycles. The Balaban J connectivity index is 1.81. The van der Waals surface area contributed by atoms with Crippen molar-refractivity contribution in [2.75, 3.05) is 6.61 Å². The van der Waals surface area contributed by atoms with Crippen molar-refractivity contribution in [2.24, 2.45) is 5.10 Å². The normalized spacial score (nSPS) is 11.1. The van der Waals surface area contributed by atoms with E-state index in [0.29, 0.717) is 5.75 Å². The third kappa shape index (κ3) is 5.58. The number of hydrogen-bond donors (Lipinski definition) is 1. The molecule has 0 saturated carbocycles. The number of benzene rings is 2. The van der Waals surface area contributed by atoms with Gasteiger partial charge in [0.15, 0.2) is 6.61 Å². The van der Waals surface area contributed by atoms with Gasteiger partial charge in [-0.05, 0) is 36.6 Å². The number of ether oxygens (including phenoxy) is 1. The lowest BCUT2D eigenvalue weighted by molar-refractivity contribution is -0.123. The Kier molecular flexibility index (Phi) is 6.36. The number of carbonyl (C=O) groups is 1. The first-order chi connectivity index (χ1) is 11.2. The zero-order valence-corrected chi connectivity index (χ0v) is 13.6. The third-order valence-electron chi connectivity index (χ3n) is 3.37. The van der Waals surface area contributed by atoms with Crippen LogP contribution in [0, 0.1) is 0 Å². The monoisotopic (exact) mass is 310 g/mol. The molecule has 1 N–H and O–H groups in total. The average Bonchev–Trinajstić information content (AvgIpc) is 2.60. The fraction of sp³-hybridized carbons (Fsp3) is 0.263. The zero-order valence-electron chi connectivity index (χ0n) is 13.6. The molecule has 0 aliphatic heterocycles. The van der Waals surface area contributed by atoms with Crippen molar-refractivity contribution >= 4 is 11.6 Å². The van der Waals surface area contributed by atoms with Crippen molar-refractivity contribution in [3.05, 3.63) is 65.7 Å². The minimum Gasteiger partial charge on any atom is -0.484 e. The van der Waals surface area contributed by atoms with Crippen molar-refractivity contribution in [1.29, 1.82) is 0 Å². The van der Waals surface area contributed by atoms with Gasteiger partial charge in [-0.25, -0.2) is 5.43 Å². The van der Waals surface area contributed by atoms with E-state index >= 15 is 0 Å². The number of amides is 1. The second-order valence-corrected chi connectivity index (χ2v) is 5.28. The highest BCUT2D eigenvalue weighted by Gasteiger charge is 2.03. The van der Waals surface area contributed by atoms with Gasteiger partial charge in [0.25, 0.3) is 5.91 Å². The lowest BCUT2D eigenvalue weighted by Gasteiger charge is -2.07. The van der Waals surface area contributed by atoms with Gasteiger partial charge in [0.1, 0.15) is 5.75 Å². The molecule has 23 heavy (non-hydrogen) atoms. The second-order valence-electron chi connectivity index (χ2n) is 5.28. The predicted octanol–water partition coefficient (Wildman–Crippen LogP) is 3.56. The summed E-state index contributed by atoms with van der Waals surface area (Å²) in [6.45, 7) is 3.94. The molecule has 0 atom stereocenters. The first kappa shape index (κ1) is 16.7. The number of aryl methyl sites for hydroxylation is 1. The molecule has 1 amide bonds. The minimum atomic E-state index is -0.280. The van der Waals surface area contributed by atoms with Crippen molar-refractivity contribution in [1.82, 2.24) is 5.43 Å². The molecule has 4 nitrogen and oxygen atoms in total. The van der Waals surface area contributed by atoms with Gasteiger partial charge in [0.2, 0.25) is 0 Å². The summed E-state index contributed by atoms with van der Waals surface area (Å²) in [7, 11) is 0. The van der Waals surface area contributed by atoms with E-state index in [0.717, 1.165) is 24.1 Å². The summed E-state index contributed by atoms with van der Waals surface area (Å²) in [6, 6.07) is 17.5. The van der Waals surface area contributed by atoms with Crippen LogP contribution in [0.4, 0.5) is 0 Å². The zero-order chi connectivity index (χ0) is 16.5. The highest BCUT2D eigenvalue weighted by molar-refractivity contribution is 5.99. The number of carbonyl (C=O) groups excluding carboxylic acids is 1. The first-order valence-electron chi connectivity index (χ1n) is 7.79. The van der Waals surface area contributed by atoms with E-state index in [4.69, 9.17) is 4.74 Å². The molecule has 0 aliphatic rings. The van der Waals surface area contributed by atoms with Crippen molar-refractivity contribution in [3.8, 4) is 5.75 Å². The summed E-state index contributed by atoms with van der Waals surface area (Å²) < 4.78 is 5.46.